The predicted molar refractivity (Wildman–Crippen MR) is 135 cm³/mol. The van der Waals surface area contributed by atoms with Crippen LogP contribution in [-0.4, -0.2) is 13.4 Å². The summed E-state index contributed by atoms with van der Waals surface area (Å²) in [5, 5.41) is 0. The molecule has 0 bridgehead atoms. The van der Waals surface area contributed by atoms with Gasteiger partial charge in [-0.1, -0.05) is 60.7 Å². The van der Waals surface area contributed by atoms with Crippen LogP contribution in [0, 0.1) is 0 Å². The molecule has 174 valence electrons. The van der Waals surface area contributed by atoms with Crippen LogP contribution in [0.25, 0.3) is 22.8 Å². The van der Waals surface area contributed by atoms with Crippen molar-refractivity contribution >= 4 is 15.7 Å². The minimum absolute atomic E-state index is 0.139. The van der Waals surface area contributed by atoms with E-state index >= 15 is 0 Å². The highest BCUT2D eigenvalue weighted by Crippen LogP contribution is 2.27. The molecule has 0 aliphatic heterocycles. The molecule has 5 aromatic rings. The Kier molecular flexibility index (Phi) is 6.32. The van der Waals surface area contributed by atoms with Gasteiger partial charge in [0, 0.05) is 16.8 Å². The SMILES string of the molecule is O=S(=O)(Nc1ccc(OCc2ccccc2)cc1)c1ccc(-c2ncc(-c3ccccc3)o2)cc1. The number of benzene rings is 4. The monoisotopic (exact) mass is 482 g/mol. The third-order valence-electron chi connectivity index (χ3n) is 5.33. The molecule has 0 unspecified atom stereocenters. The molecule has 5 rings (SSSR count). The summed E-state index contributed by atoms with van der Waals surface area (Å²) in [5.41, 5.74) is 3.11. The molecule has 0 atom stereocenters. The molecule has 1 aromatic heterocycles. The summed E-state index contributed by atoms with van der Waals surface area (Å²) < 4.78 is 39.9. The Labute approximate surface area is 203 Å². The fourth-order valence-corrected chi connectivity index (χ4v) is 4.55. The van der Waals surface area contributed by atoms with Crippen LogP contribution in [0.15, 0.2) is 125 Å². The third kappa shape index (κ3) is 5.42. The Morgan fingerprint density at radius 2 is 1.40 bits per heavy atom. The Bertz CT molecular complexity index is 1500. The summed E-state index contributed by atoms with van der Waals surface area (Å²) in [6, 6.07) is 32.7. The quantitative estimate of drug-likeness (QED) is 0.277. The van der Waals surface area contributed by atoms with E-state index in [4.69, 9.17) is 9.15 Å². The van der Waals surface area contributed by atoms with Crippen molar-refractivity contribution in [3.63, 3.8) is 0 Å². The van der Waals surface area contributed by atoms with Gasteiger partial charge in [-0.25, -0.2) is 13.4 Å². The Balaban J connectivity index is 1.24. The Morgan fingerprint density at radius 1 is 0.743 bits per heavy atom. The van der Waals surface area contributed by atoms with E-state index in [1.165, 1.54) is 12.1 Å². The summed E-state index contributed by atoms with van der Waals surface area (Å²) in [6.45, 7) is 0.440. The van der Waals surface area contributed by atoms with Crippen LogP contribution in [0.1, 0.15) is 5.56 Å². The number of nitrogens with one attached hydrogen (secondary N) is 1. The minimum atomic E-state index is -3.76. The molecule has 4 aromatic carbocycles. The number of rotatable bonds is 8. The first-order valence-corrected chi connectivity index (χ1v) is 12.5. The van der Waals surface area contributed by atoms with Gasteiger partial charge in [0.25, 0.3) is 10.0 Å². The summed E-state index contributed by atoms with van der Waals surface area (Å²) in [6.07, 6.45) is 1.66. The molecule has 0 saturated heterocycles. The Morgan fingerprint density at radius 3 is 2.09 bits per heavy atom. The molecule has 0 amide bonds. The largest absolute Gasteiger partial charge is 0.489 e. The van der Waals surface area contributed by atoms with Crippen molar-refractivity contribution in [2.45, 2.75) is 11.5 Å². The molecule has 0 aliphatic carbocycles. The number of ether oxygens (including phenoxy) is 1. The van der Waals surface area contributed by atoms with E-state index in [2.05, 4.69) is 9.71 Å². The lowest BCUT2D eigenvalue weighted by atomic mass is 10.2. The van der Waals surface area contributed by atoms with Gasteiger partial charge in [0.2, 0.25) is 5.89 Å². The van der Waals surface area contributed by atoms with Crippen molar-refractivity contribution < 1.29 is 17.6 Å². The molecule has 0 fully saturated rings. The van der Waals surface area contributed by atoms with Gasteiger partial charge in [0.1, 0.15) is 12.4 Å². The lowest BCUT2D eigenvalue weighted by molar-refractivity contribution is 0.306. The predicted octanol–water partition coefficient (Wildman–Crippen LogP) is 6.39. The van der Waals surface area contributed by atoms with Gasteiger partial charge in [-0.3, -0.25) is 4.72 Å². The van der Waals surface area contributed by atoms with Crippen molar-refractivity contribution in [2.75, 3.05) is 4.72 Å². The van der Waals surface area contributed by atoms with E-state index in [1.807, 2.05) is 60.7 Å². The van der Waals surface area contributed by atoms with E-state index in [-0.39, 0.29) is 4.90 Å². The van der Waals surface area contributed by atoms with E-state index in [9.17, 15) is 8.42 Å². The zero-order valence-corrected chi connectivity index (χ0v) is 19.5. The third-order valence-corrected chi connectivity index (χ3v) is 6.73. The zero-order valence-electron chi connectivity index (χ0n) is 18.7. The van der Waals surface area contributed by atoms with E-state index in [0.29, 0.717) is 35.3 Å². The average molecular weight is 483 g/mol. The number of aromatic nitrogens is 1. The standard InChI is InChI=1S/C28H22N2O4S/c31-35(32,30-24-13-15-25(16-14-24)33-20-21-7-3-1-4-8-21)26-17-11-23(12-18-26)28-29-19-27(34-28)22-9-5-2-6-10-22/h1-19,30H,20H2. The molecule has 1 N–H and O–H groups in total. The molecule has 0 aliphatic rings. The van der Waals surface area contributed by atoms with Crippen LogP contribution in [0.2, 0.25) is 0 Å². The minimum Gasteiger partial charge on any atom is -0.489 e. The fourth-order valence-electron chi connectivity index (χ4n) is 3.49. The van der Waals surface area contributed by atoms with Gasteiger partial charge in [-0.15, -0.1) is 0 Å². The molecule has 0 spiro atoms. The molecule has 35 heavy (non-hydrogen) atoms. The first-order valence-electron chi connectivity index (χ1n) is 11.0. The lowest BCUT2D eigenvalue weighted by Gasteiger charge is -2.10. The second kappa shape index (κ2) is 9.87. The highest BCUT2D eigenvalue weighted by atomic mass is 32.2. The average Bonchev–Trinajstić information content (AvgIpc) is 3.40. The van der Waals surface area contributed by atoms with Gasteiger partial charge in [-0.05, 0) is 54.1 Å². The van der Waals surface area contributed by atoms with E-state index in [0.717, 1.165) is 11.1 Å². The van der Waals surface area contributed by atoms with Crippen molar-refractivity contribution in [2.24, 2.45) is 0 Å². The Hall–Kier alpha value is -4.36. The van der Waals surface area contributed by atoms with Crippen molar-refractivity contribution in [1.82, 2.24) is 4.98 Å². The summed E-state index contributed by atoms with van der Waals surface area (Å²) in [7, 11) is -3.76. The number of hydrogen-bond donors (Lipinski definition) is 1. The van der Waals surface area contributed by atoms with Gasteiger partial charge in [0.05, 0.1) is 11.1 Å². The smallest absolute Gasteiger partial charge is 0.261 e. The van der Waals surface area contributed by atoms with Gasteiger partial charge >= 0.3 is 0 Å². The lowest BCUT2D eigenvalue weighted by Crippen LogP contribution is -2.12. The number of hydrogen-bond acceptors (Lipinski definition) is 5. The molecular weight excluding hydrogens is 460 g/mol. The maximum absolute atomic E-state index is 12.9. The molecule has 0 radical (unpaired) electrons. The number of oxazole rings is 1. The van der Waals surface area contributed by atoms with Crippen LogP contribution in [0.4, 0.5) is 5.69 Å². The van der Waals surface area contributed by atoms with Crippen LogP contribution in [0.5, 0.6) is 5.75 Å². The first-order chi connectivity index (χ1) is 17.1. The molecular formula is C28H22N2O4S. The van der Waals surface area contributed by atoms with Gasteiger partial charge in [0.15, 0.2) is 5.76 Å². The highest BCUT2D eigenvalue weighted by molar-refractivity contribution is 7.92. The summed E-state index contributed by atoms with van der Waals surface area (Å²) in [4.78, 5) is 4.46. The van der Waals surface area contributed by atoms with Gasteiger partial charge < -0.3 is 9.15 Å². The van der Waals surface area contributed by atoms with Crippen LogP contribution in [-0.2, 0) is 16.6 Å². The number of anilines is 1. The van der Waals surface area contributed by atoms with Crippen LogP contribution >= 0.6 is 0 Å². The molecule has 7 heteroatoms. The normalized spacial score (nSPS) is 11.2. The molecule has 0 saturated carbocycles. The number of nitrogens with zero attached hydrogens (tertiary/aromatic N) is 1. The van der Waals surface area contributed by atoms with Crippen LogP contribution in [0.3, 0.4) is 0 Å². The summed E-state index contributed by atoms with van der Waals surface area (Å²) in [5.74, 6) is 1.73. The van der Waals surface area contributed by atoms with Crippen molar-refractivity contribution in [3.05, 3.63) is 121 Å². The zero-order chi connectivity index (χ0) is 24.1. The highest BCUT2D eigenvalue weighted by Gasteiger charge is 2.16. The molecule has 1 heterocycles. The van der Waals surface area contributed by atoms with Crippen LogP contribution < -0.4 is 9.46 Å². The fraction of sp³-hybridized carbons (Fsp3) is 0.0357. The first kappa shape index (κ1) is 22.4. The van der Waals surface area contributed by atoms with Crippen molar-refractivity contribution in [1.29, 1.82) is 0 Å². The van der Waals surface area contributed by atoms with Gasteiger partial charge in [-0.2, -0.15) is 0 Å². The number of sulfonamides is 1. The van der Waals surface area contributed by atoms with E-state index in [1.54, 1.807) is 42.6 Å². The maximum atomic E-state index is 12.9. The summed E-state index contributed by atoms with van der Waals surface area (Å²) >= 11 is 0. The van der Waals surface area contributed by atoms with Crippen molar-refractivity contribution in [3.8, 4) is 28.5 Å². The maximum Gasteiger partial charge on any atom is 0.261 e. The second-order valence-electron chi connectivity index (χ2n) is 7.82. The topological polar surface area (TPSA) is 81.4 Å². The molecule has 6 nitrogen and oxygen atoms in total. The second-order valence-corrected chi connectivity index (χ2v) is 9.51. The van der Waals surface area contributed by atoms with E-state index < -0.39 is 10.0 Å².